The minimum atomic E-state index is -1.03. The van der Waals surface area contributed by atoms with Crippen molar-refractivity contribution in [1.82, 2.24) is 5.16 Å². The van der Waals surface area contributed by atoms with Gasteiger partial charge in [0.1, 0.15) is 17.0 Å². The average molecular weight is 296 g/mol. The number of halogens is 1. The van der Waals surface area contributed by atoms with Crippen LogP contribution in [-0.4, -0.2) is 16.2 Å². The van der Waals surface area contributed by atoms with Crippen LogP contribution < -0.4 is 0 Å². The fourth-order valence-corrected chi connectivity index (χ4v) is 2.18. The van der Waals surface area contributed by atoms with Crippen LogP contribution in [0, 0.1) is 13.8 Å². The van der Waals surface area contributed by atoms with E-state index in [1.807, 2.05) is 25.1 Å². The molecule has 0 saturated carbocycles. The summed E-state index contributed by atoms with van der Waals surface area (Å²) in [6.07, 6.45) is 0. The van der Waals surface area contributed by atoms with Crippen molar-refractivity contribution < 1.29 is 14.4 Å². The lowest BCUT2D eigenvalue weighted by atomic mass is 10.0. The zero-order chi connectivity index (χ0) is 12.6. The van der Waals surface area contributed by atoms with Gasteiger partial charge in [0.15, 0.2) is 0 Å². The number of aromatic nitrogens is 1. The highest BCUT2D eigenvalue weighted by atomic mass is 79.9. The van der Waals surface area contributed by atoms with E-state index in [0.717, 1.165) is 15.6 Å². The minimum Gasteiger partial charge on any atom is -0.477 e. The molecule has 0 aliphatic carbocycles. The summed E-state index contributed by atoms with van der Waals surface area (Å²) < 4.78 is 5.89. The normalized spacial score (nSPS) is 10.5. The van der Waals surface area contributed by atoms with Gasteiger partial charge in [-0.25, -0.2) is 4.79 Å². The number of carbonyl (C=O) groups is 1. The molecule has 5 heteroatoms. The number of hydrogen-bond donors (Lipinski definition) is 1. The summed E-state index contributed by atoms with van der Waals surface area (Å²) in [5.74, 6) is -0.712. The number of carboxylic acids is 1. The van der Waals surface area contributed by atoms with Crippen LogP contribution in [0.15, 0.2) is 27.2 Å². The average Bonchev–Trinajstić information content (AvgIpc) is 2.60. The van der Waals surface area contributed by atoms with Crippen molar-refractivity contribution in [2.75, 3.05) is 0 Å². The van der Waals surface area contributed by atoms with E-state index in [1.54, 1.807) is 6.92 Å². The molecule has 0 radical (unpaired) electrons. The molecule has 1 heterocycles. The maximum Gasteiger partial charge on any atom is 0.341 e. The molecule has 0 spiro atoms. The smallest absolute Gasteiger partial charge is 0.341 e. The molecular formula is C12H10BrNO3. The summed E-state index contributed by atoms with van der Waals surface area (Å²) in [7, 11) is 0. The van der Waals surface area contributed by atoms with Crippen molar-refractivity contribution in [2.24, 2.45) is 0 Å². The molecule has 2 aromatic rings. The summed E-state index contributed by atoms with van der Waals surface area (Å²) in [4.78, 5) is 11.1. The van der Waals surface area contributed by atoms with E-state index < -0.39 is 5.97 Å². The predicted octanol–water partition coefficient (Wildman–Crippen LogP) is 3.42. The highest BCUT2D eigenvalue weighted by Crippen LogP contribution is 2.29. The molecule has 17 heavy (non-hydrogen) atoms. The first-order valence-corrected chi connectivity index (χ1v) is 5.76. The Morgan fingerprint density at radius 2 is 2.12 bits per heavy atom. The molecule has 0 bridgehead atoms. The van der Waals surface area contributed by atoms with Crippen LogP contribution >= 0.6 is 15.9 Å². The van der Waals surface area contributed by atoms with Crippen LogP contribution in [0.2, 0.25) is 0 Å². The van der Waals surface area contributed by atoms with Crippen LogP contribution in [-0.2, 0) is 0 Å². The summed E-state index contributed by atoms with van der Waals surface area (Å²) in [5.41, 5.74) is 2.20. The number of carboxylic acid groups (broad SMARTS) is 1. The molecule has 0 atom stereocenters. The Bertz CT molecular complexity index is 589. The second-order valence-electron chi connectivity index (χ2n) is 3.73. The van der Waals surface area contributed by atoms with Gasteiger partial charge in [0.25, 0.3) is 0 Å². The van der Waals surface area contributed by atoms with Gasteiger partial charge in [-0.15, -0.1) is 0 Å². The molecule has 0 aliphatic heterocycles. The zero-order valence-corrected chi connectivity index (χ0v) is 10.9. The number of aryl methyl sites for hydroxylation is 2. The Labute approximate surface area is 106 Å². The molecule has 1 N–H and O–H groups in total. The Kier molecular flexibility index (Phi) is 3.02. The number of aromatic carboxylic acids is 1. The highest BCUT2D eigenvalue weighted by Gasteiger charge is 2.21. The number of rotatable bonds is 2. The third-order valence-electron chi connectivity index (χ3n) is 2.52. The van der Waals surface area contributed by atoms with Crippen molar-refractivity contribution in [3.63, 3.8) is 0 Å². The van der Waals surface area contributed by atoms with Crippen LogP contribution in [0.1, 0.15) is 21.7 Å². The predicted molar refractivity (Wildman–Crippen MR) is 66.1 cm³/mol. The van der Waals surface area contributed by atoms with Gasteiger partial charge in [0.05, 0.1) is 0 Å². The Morgan fingerprint density at radius 3 is 2.71 bits per heavy atom. The Balaban J connectivity index is 2.65. The summed E-state index contributed by atoms with van der Waals surface area (Å²) >= 11 is 3.36. The largest absolute Gasteiger partial charge is 0.477 e. The molecule has 1 aromatic carbocycles. The van der Waals surface area contributed by atoms with E-state index in [1.165, 1.54) is 0 Å². The molecule has 0 amide bonds. The molecule has 0 unspecified atom stereocenters. The monoisotopic (exact) mass is 295 g/mol. The maximum absolute atomic E-state index is 11.1. The molecule has 0 saturated heterocycles. The van der Waals surface area contributed by atoms with Gasteiger partial charge in [0.2, 0.25) is 0 Å². The van der Waals surface area contributed by atoms with Crippen LogP contribution in [0.3, 0.4) is 0 Å². The third-order valence-corrected chi connectivity index (χ3v) is 3.01. The van der Waals surface area contributed by atoms with E-state index in [9.17, 15) is 4.79 Å². The molecular weight excluding hydrogens is 286 g/mol. The molecule has 0 aliphatic rings. The number of benzene rings is 1. The van der Waals surface area contributed by atoms with Crippen LogP contribution in [0.25, 0.3) is 11.3 Å². The Hall–Kier alpha value is -1.62. The molecule has 0 fully saturated rings. The van der Waals surface area contributed by atoms with Crippen molar-refractivity contribution in [2.45, 2.75) is 13.8 Å². The maximum atomic E-state index is 11.1. The van der Waals surface area contributed by atoms with E-state index in [2.05, 4.69) is 21.1 Å². The molecule has 1 aromatic heterocycles. The second-order valence-corrected chi connectivity index (χ2v) is 4.64. The van der Waals surface area contributed by atoms with Crippen LogP contribution in [0.4, 0.5) is 0 Å². The van der Waals surface area contributed by atoms with Gasteiger partial charge in [0, 0.05) is 10.0 Å². The summed E-state index contributed by atoms with van der Waals surface area (Å²) in [6.45, 7) is 3.49. The first-order chi connectivity index (χ1) is 8.00. The summed E-state index contributed by atoms with van der Waals surface area (Å²) in [5, 5.41) is 13.0. The van der Waals surface area contributed by atoms with E-state index in [-0.39, 0.29) is 5.56 Å². The highest BCUT2D eigenvalue weighted by molar-refractivity contribution is 9.10. The van der Waals surface area contributed by atoms with Crippen molar-refractivity contribution in [3.05, 3.63) is 39.6 Å². The zero-order valence-electron chi connectivity index (χ0n) is 9.32. The van der Waals surface area contributed by atoms with Gasteiger partial charge >= 0.3 is 5.97 Å². The van der Waals surface area contributed by atoms with Crippen molar-refractivity contribution in [3.8, 4) is 11.3 Å². The van der Waals surface area contributed by atoms with Gasteiger partial charge < -0.3 is 9.63 Å². The fraction of sp³-hybridized carbons (Fsp3) is 0.167. The SMILES string of the molecule is Cc1cc(Br)ccc1-c1noc(C)c1C(=O)O. The van der Waals surface area contributed by atoms with Gasteiger partial charge in [-0.05, 0) is 31.5 Å². The van der Waals surface area contributed by atoms with Crippen molar-refractivity contribution in [1.29, 1.82) is 0 Å². The number of hydrogen-bond acceptors (Lipinski definition) is 3. The lowest BCUT2D eigenvalue weighted by molar-refractivity contribution is 0.0696. The first kappa shape index (κ1) is 11.9. The molecule has 88 valence electrons. The first-order valence-electron chi connectivity index (χ1n) is 4.97. The third kappa shape index (κ3) is 2.10. The van der Waals surface area contributed by atoms with E-state index >= 15 is 0 Å². The fourth-order valence-electron chi connectivity index (χ4n) is 1.70. The second kappa shape index (κ2) is 4.33. The van der Waals surface area contributed by atoms with E-state index in [0.29, 0.717) is 11.5 Å². The van der Waals surface area contributed by atoms with Gasteiger partial charge in [-0.2, -0.15) is 0 Å². The van der Waals surface area contributed by atoms with Crippen molar-refractivity contribution >= 4 is 21.9 Å². The lowest BCUT2D eigenvalue weighted by Crippen LogP contribution is -2.00. The topological polar surface area (TPSA) is 63.3 Å². The number of nitrogens with zero attached hydrogens (tertiary/aromatic N) is 1. The standard InChI is InChI=1S/C12H10BrNO3/c1-6-5-8(13)3-4-9(6)11-10(12(15)16)7(2)17-14-11/h3-5H,1-2H3,(H,15,16). The Morgan fingerprint density at radius 1 is 1.41 bits per heavy atom. The van der Waals surface area contributed by atoms with Gasteiger partial charge in [-0.3, -0.25) is 0 Å². The molecule has 4 nitrogen and oxygen atoms in total. The quantitative estimate of drug-likeness (QED) is 0.922. The lowest BCUT2D eigenvalue weighted by Gasteiger charge is -2.03. The van der Waals surface area contributed by atoms with E-state index in [4.69, 9.17) is 9.63 Å². The summed E-state index contributed by atoms with van der Waals surface area (Å²) in [6, 6.07) is 5.58. The van der Waals surface area contributed by atoms with Crippen LogP contribution in [0.5, 0.6) is 0 Å². The minimum absolute atomic E-state index is 0.121. The molecule has 2 rings (SSSR count). The van der Waals surface area contributed by atoms with Gasteiger partial charge in [-0.1, -0.05) is 27.2 Å².